The maximum Gasteiger partial charge on any atom is 0.276 e. The molecule has 1 fully saturated rings. The molecule has 2 aromatic heterocycles. The Morgan fingerprint density at radius 3 is 2.58 bits per heavy atom. The Hall–Kier alpha value is -3.02. The van der Waals surface area contributed by atoms with E-state index in [0.717, 1.165) is 35.2 Å². The van der Waals surface area contributed by atoms with Crippen LogP contribution in [0.15, 0.2) is 41.0 Å². The van der Waals surface area contributed by atoms with Crippen molar-refractivity contribution in [2.75, 3.05) is 4.90 Å². The predicted octanol–water partition coefficient (Wildman–Crippen LogP) is 5.21. The first-order valence-corrected chi connectivity index (χ1v) is 12.0. The normalized spacial score (nSPS) is 27.6. The van der Waals surface area contributed by atoms with Crippen molar-refractivity contribution in [3.05, 3.63) is 53.4 Å². The third-order valence-corrected chi connectivity index (χ3v) is 7.88. The fraction of sp³-hybridized carbons (Fsp3) is 0.481. The lowest BCUT2D eigenvalue weighted by atomic mass is 9.77. The smallest absolute Gasteiger partial charge is 0.276 e. The van der Waals surface area contributed by atoms with Gasteiger partial charge in [-0.1, -0.05) is 32.8 Å². The summed E-state index contributed by atoms with van der Waals surface area (Å²) in [5.41, 5.74) is 3.86. The zero-order valence-electron chi connectivity index (χ0n) is 20.1. The lowest BCUT2D eigenvalue weighted by Crippen LogP contribution is -2.66. The van der Waals surface area contributed by atoms with E-state index in [2.05, 4.69) is 25.2 Å². The number of rotatable bonds is 3. The number of nitrogens with zero attached hydrogens (tertiary/aromatic N) is 2. The van der Waals surface area contributed by atoms with Gasteiger partial charge in [-0.15, -0.1) is 0 Å². The summed E-state index contributed by atoms with van der Waals surface area (Å²) in [5, 5.41) is 3.35. The van der Waals surface area contributed by atoms with Crippen LogP contribution in [0.2, 0.25) is 0 Å². The number of anilines is 1. The molecule has 1 aliphatic heterocycles. The second-order valence-corrected chi connectivity index (χ2v) is 10.4. The molecule has 0 radical (unpaired) electrons. The summed E-state index contributed by atoms with van der Waals surface area (Å²) in [6, 6.07) is 9.83. The fourth-order valence-electron chi connectivity index (χ4n) is 5.81. The Balaban J connectivity index is 1.60. The number of amides is 2. The number of furan rings is 1. The number of carbonyl (C=O) groups is 2. The van der Waals surface area contributed by atoms with Gasteiger partial charge in [0.15, 0.2) is 5.58 Å². The van der Waals surface area contributed by atoms with Crippen LogP contribution in [0.4, 0.5) is 5.69 Å². The molecule has 2 aliphatic rings. The van der Waals surface area contributed by atoms with Crippen LogP contribution in [0.5, 0.6) is 0 Å². The second kappa shape index (κ2) is 7.79. The molecule has 2 amide bonds. The molecule has 5 rings (SSSR count). The molecular weight excluding hydrogens is 414 g/mol. The molecular formula is C27H33N3O3. The molecule has 3 aromatic rings. The van der Waals surface area contributed by atoms with E-state index < -0.39 is 5.54 Å². The second-order valence-electron chi connectivity index (χ2n) is 10.4. The average molecular weight is 448 g/mol. The number of fused-ring (bicyclic) bond motifs is 3. The van der Waals surface area contributed by atoms with E-state index in [-0.39, 0.29) is 17.9 Å². The first kappa shape index (κ1) is 21.8. The van der Waals surface area contributed by atoms with Gasteiger partial charge in [0.1, 0.15) is 11.2 Å². The van der Waals surface area contributed by atoms with Gasteiger partial charge in [-0.05, 0) is 62.3 Å². The zero-order chi connectivity index (χ0) is 23.5. The first-order chi connectivity index (χ1) is 15.7. The molecule has 0 unspecified atom stereocenters. The van der Waals surface area contributed by atoms with Crippen LogP contribution in [0.1, 0.15) is 61.6 Å². The average Bonchev–Trinajstić information content (AvgIpc) is 3.33. The summed E-state index contributed by atoms with van der Waals surface area (Å²) >= 11 is 0. The monoisotopic (exact) mass is 447 g/mol. The van der Waals surface area contributed by atoms with Gasteiger partial charge in [0.05, 0.1) is 18.3 Å². The molecule has 1 N–H and O–H groups in total. The Morgan fingerprint density at radius 2 is 1.85 bits per heavy atom. The number of carbonyl (C=O) groups excluding carboxylic acids is 2. The Bertz CT molecular complexity index is 1220. The van der Waals surface area contributed by atoms with Crippen molar-refractivity contribution in [2.45, 2.75) is 72.0 Å². The highest BCUT2D eigenvalue weighted by Crippen LogP contribution is 2.38. The molecule has 0 spiro atoms. The fourth-order valence-corrected chi connectivity index (χ4v) is 5.81. The number of hydrogen-bond acceptors (Lipinski definition) is 3. The molecule has 0 bridgehead atoms. The third-order valence-electron chi connectivity index (χ3n) is 7.88. The molecule has 6 heteroatoms. The third kappa shape index (κ3) is 3.47. The van der Waals surface area contributed by atoms with E-state index in [4.69, 9.17) is 4.42 Å². The van der Waals surface area contributed by atoms with Crippen molar-refractivity contribution in [1.29, 1.82) is 0 Å². The van der Waals surface area contributed by atoms with Gasteiger partial charge in [-0.3, -0.25) is 14.5 Å². The quantitative estimate of drug-likeness (QED) is 0.599. The maximum atomic E-state index is 14.0. The Kier molecular flexibility index (Phi) is 5.15. The van der Waals surface area contributed by atoms with Crippen molar-refractivity contribution in [3.8, 4) is 0 Å². The summed E-state index contributed by atoms with van der Waals surface area (Å²) in [6.07, 6.45) is 4.92. The van der Waals surface area contributed by atoms with Crippen molar-refractivity contribution >= 4 is 28.6 Å². The number of nitrogens with one attached hydrogen (secondary N) is 1. The van der Waals surface area contributed by atoms with Crippen LogP contribution in [0.3, 0.4) is 0 Å². The zero-order valence-corrected chi connectivity index (χ0v) is 20.1. The van der Waals surface area contributed by atoms with Crippen LogP contribution in [0, 0.1) is 25.7 Å². The van der Waals surface area contributed by atoms with Gasteiger partial charge in [-0.25, -0.2) is 0 Å². The van der Waals surface area contributed by atoms with Gasteiger partial charge < -0.3 is 14.3 Å². The lowest BCUT2D eigenvalue weighted by Gasteiger charge is -2.45. The van der Waals surface area contributed by atoms with E-state index >= 15 is 0 Å². The van der Waals surface area contributed by atoms with Crippen molar-refractivity contribution < 1.29 is 14.0 Å². The molecule has 33 heavy (non-hydrogen) atoms. The highest BCUT2D eigenvalue weighted by Gasteiger charge is 2.49. The molecule has 3 heterocycles. The molecule has 4 atom stereocenters. The van der Waals surface area contributed by atoms with Crippen molar-refractivity contribution in [2.24, 2.45) is 11.8 Å². The molecule has 174 valence electrons. The SMILES string of the molecule is Cc1cc(C)cc(N2C(=O)c3cc4occc4n3C[C@]2(C)C(=O)N[C@@H]2CCC[C@H](C)[C@H]2C)c1. The highest BCUT2D eigenvalue weighted by molar-refractivity contribution is 6.13. The minimum Gasteiger partial charge on any atom is -0.463 e. The summed E-state index contributed by atoms with van der Waals surface area (Å²) in [7, 11) is 0. The number of aryl methyl sites for hydroxylation is 2. The topological polar surface area (TPSA) is 67.5 Å². The summed E-state index contributed by atoms with van der Waals surface area (Å²) in [6.45, 7) is 10.8. The number of benzene rings is 1. The van der Waals surface area contributed by atoms with Crippen molar-refractivity contribution in [3.63, 3.8) is 0 Å². The van der Waals surface area contributed by atoms with Crippen LogP contribution < -0.4 is 10.2 Å². The van der Waals surface area contributed by atoms with Crippen LogP contribution in [0.25, 0.3) is 11.1 Å². The molecule has 1 saturated carbocycles. The van der Waals surface area contributed by atoms with Gasteiger partial charge in [-0.2, -0.15) is 0 Å². The van der Waals surface area contributed by atoms with E-state index in [0.29, 0.717) is 29.7 Å². The number of hydrogen-bond donors (Lipinski definition) is 1. The van der Waals surface area contributed by atoms with Crippen molar-refractivity contribution in [1.82, 2.24) is 9.88 Å². The standard InChI is InChI=1S/C27H33N3O3/c1-16-11-17(2)13-20(12-16)30-25(31)23-14-24-22(9-10-33-24)29(23)15-27(30,5)26(32)28-21-8-6-7-18(3)19(21)4/h9-14,18-19,21H,6-8,15H2,1-5H3,(H,28,32)/t18-,19+,21+,27+/m0/s1. The van der Waals surface area contributed by atoms with Gasteiger partial charge in [0.25, 0.3) is 5.91 Å². The first-order valence-electron chi connectivity index (χ1n) is 12.0. The summed E-state index contributed by atoms with van der Waals surface area (Å²) in [5.74, 6) is 0.697. The van der Waals surface area contributed by atoms with Crippen LogP contribution in [-0.4, -0.2) is 28.0 Å². The maximum absolute atomic E-state index is 14.0. The van der Waals surface area contributed by atoms with Gasteiger partial charge in [0, 0.05) is 23.9 Å². The minimum absolute atomic E-state index is 0.100. The largest absolute Gasteiger partial charge is 0.463 e. The summed E-state index contributed by atoms with van der Waals surface area (Å²) in [4.78, 5) is 29.6. The van der Waals surface area contributed by atoms with E-state index in [1.165, 1.54) is 6.42 Å². The van der Waals surface area contributed by atoms with E-state index in [1.54, 1.807) is 17.2 Å². The molecule has 0 saturated heterocycles. The summed E-state index contributed by atoms with van der Waals surface area (Å²) < 4.78 is 7.52. The molecule has 1 aromatic carbocycles. The molecule has 6 nitrogen and oxygen atoms in total. The van der Waals surface area contributed by atoms with Gasteiger partial charge >= 0.3 is 0 Å². The minimum atomic E-state index is -1.08. The highest BCUT2D eigenvalue weighted by atomic mass is 16.3. The Morgan fingerprint density at radius 1 is 1.12 bits per heavy atom. The van der Waals surface area contributed by atoms with E-state index in [1.807, 2.05) is 43.5 Å². The lowest BCUT2D eigenvalue weighted by molar-refractivity contribution is -0.128. The van der Waals surface area contributed by atoms with Crippen LogP contribution in [-0.2, 0) is 11.3 Å². The van der Waals surface area contributed by atoms with Gasteiger partial charge in [0.2, 0.25) is 5.91 Å². The van der Waals surface area contributed by atoms with E-state index in [9.17, 15) is 9.59 Å². The Labute approximate surface area is 194 Å². The number of aromatic nitrogens is 1. The van der Waals surface area contributed by atoms with Crippen LogP contribution >= 0.6 is 0 Å². The molecule has 1 aliphatic carbocycles. The predicted molar refractivity (Wildman–Crippen MR) is 129 cm³/mol.